The van der Waals surface area contributed by atoms with E-state index < -0.39 is 10.9 Å². The predicted molar refractivity (Wildman–Crippen MR) is 84.1 cm³/mol. The summed E-state index contributed by atoms with van der Waals surface area (Å²) in [7, 11) is 0. The number of carbonyl (C=O) groups is 1. The van der Waals surface area contributed by atoms with Gasteiger partial charge in [-0.25, -0.2) is 4.79 Å². The summed E-state index contributed by atoms with van der Waals surface area (Å²) in [5, 5.41) is 25.0. The fraction of sp³-hybridized carbons (Fsp3) is 0.154. The number of nitro benzene ring substituents is 1. The Hall–Kier alpha value is -1.93. The largest absolute Gasteiger partial charge is 0.478 e. The Morgan fingerprint density at radius 1 is 1.48 bits per heavy atom. The maximum Gasteiger partial charge on any atom is 0.336 e. The van der Waals surface area contributed by atoms with Gasteiger partial charge < -0.3 is 10.4 Å². The highest BCUT2D eigenvalue weighted by Crippen LogP contribution is 2.29. The van der Waals surface area contributed by atoms with Crippen molar-refractivity contribution in [3.63, 3.8) is 0 Å². The molecule has 0 unspecified atom stereocenters. The van der Waals surface area contributed by atoms with Crippen LogP contribution >= 0.6 is 27.3 Å². The first-order valence-electron chi connectivity index (χ1n) is 5.87. The minimum atomic E-state index is -1.19. The molecule has 0 spiro atoms. The molecule has 2 rings (SSSR count). The monoisotopic (exact) mass is 370 g/mol. The number of rotatable bonds is 5. The quantitative estimate of drug-likeness (QED) is 0.611. The molecule has 1 aromatic carbocycles. The molecule has 0 saturated heterocycles. The predicted octanol–water partition coefficient (Wildman–Crippen LogP) is 4.04. The van der Waals surface area contributed by atoms with E-state index in [1.54, 1.807) is 6.92 Å². The van der Waals surface area contributed by atoms with Gasteiger partial charge >= 0.3 is 5.97 Å². The van der Waals surface area contributed by atoms with Gasteiger partial charge in [-0.05, 0) is 35.0 Å². The summed E-state index contributed by atoms with van der Waals surface area (Å²) in [5.41, 5.74) is 0.554. The minimum Gasteiger partial charge on any atom is -0.478 e. The number of anilines is 1. The van der Waals surface area contributed by atoms with Crippen molar-refractivity contribution >= 4 is 44.6 Å². The zero-order valence-corrected chi connectivity index (χ0v) is 13.3. The SMILES string of the molecule is Cc1c(NCc2cc(Br)cs2)cc(C(=O)O)cc1[N+](=O)[O-]. The van der Waals surface area contributed by atoms with Gasteiger partial charge in [-0.15, -0.1) is 11.3 Å². The van der Waals surface area contributed by atoms with Crippen LogP contribution in [0, 0.1) is 17.0 Å². The first-order valence-corrected chi connectivity index (χ1v) is 7.55. The van der Waals surface area contributed by atoms with E-state index >= 15 is 0 Å². The highest BCUT2D eigenvalue weighted by atomic mass is 79.9. The summed E-state index contributed by atoms with van der Waals surface area (Å²) in [4.78, 5) is 22.5. The average molecular weight is 371 g/mol. The lowest BCUT2D eigenvalue weighted by atomic mass is 10.1. The minimum absolute atomic E-state index is 0.109. The Labute approximate surface area is 132 Å². The van der Waals surface area contributed by atoms with Crippen molar-refractivity contribution in [2.75, 3.05) is 5.32 Å². The molecule has 0 fully saturated rings. The molecule has 6 nitrogen and oxygen atoms in total. The number of halogens is 1. The molecule has 110 valence electrons. The summed E-state index contributed by atoms with van der Waals surface area (Å²) in [6, 6.07) is 4.42. The highest BCUT2D eigenvalue weighted by molar-refractivity contribution is 9.10. The van der Waals surface area contributed by atoms with E-state index in [1.165, 1.54) is 17.4 Å². The first kappa shape index (κ1) is 15.5. The molecule has 2 aromatic rings. The first-order chi connectivity index (χ1) is 9.88. The van der Waals surface area contributed by atoms with Crippen LogP contribution in [0.3, 0.4) is 0 Å². The second kappa shape index (κ2) is 6.23. The fourth-order valence-electron chi connectivity index (χ4n) is 1.82. The Morgan fingerprint density at radius 2 is 2.19 bits per heavy atom. The van der Waals surface area contributed by atoms with Crippen LogP contribution in [0.15, 0.2) is 28.1 Å². The van der Waals surface area contributed by atoms with Crippen molar-refractivity contribution < 1.29 is 14.8 Å². The van der Waals surface area contributed by atoms with Gasteiger partial charge in [-0.1, -0.05) is 0 Å². The molecule has 1 heterocycles. The van der Waals surface area contributed by atoms with Crippen LogP contribution in [0.5, 0.6) is 0 Å². The summed E-state index contributed by atoms with van der Waals surface area (Å²) in [6.07, 6.45) is 0. The number of benzene rings is 1. The molecule has 0 radical (unpaired) electrons. The maximum absolute atomic E-state index is 11.1. The molecule has 0 aliphatic rings. The number of carboxylic acid groups (broad SMARTS) is 1. The van der Waals surface area contributed by atoms with Crippen LogP contribution in [0.25, 0.3) is 0 Å². The zero-order chi connectivity index (χ0) is 15.6. The summed E-state index contributed by atoms with van der Waals surface area (Å²) in [5.74, 6) is -1.19. The number of nitro groups is 1. The van der Waals surface area contributed by atoms with Gasteiger partial charge in [0.1, 0.15) is 0 Å². The molecule has 8 heteroatoms. The topological polar surface area (TPSA) is 92.5 Å². The van der Waals surface area contributed by atoms with Crippen molar-refractivity contribution in [3.05, 3.63) is 54.2 Å². The zero-order valence-electron chi connectivity index (χ0n) is 10.9. The van der Waals surface area contributed by atoms with Crippen LogP contribution in [0.4, 0.5) is 11.4 Å². The maximum atomic E-state index is 11.1. The molecule has 0 bridgehead atoms. The van der Waals surface area contributed by atoms with Gasteiger partial charge in [0.2, 0.25) is 0 Å². The molecule has 0 amide bonds. The Balaban J connectivity index is 2.32. The number of nitrogens with zero attached hydrogens (tertiary/aromatic N) is 1. The van der Waals surface area contributed by atoms with E-state index in [-0.39, 0.29) is 11.3 Å². The Bertz CT molecular complexity index is 714. The van der Waals surface area contributed by atoms with Crippen LogP contribution in [-0.2, 0) is 6.54 Å². The number of nitrogens with one attached hydrogen (secondary N) is 1. The molecule has 0 aliphatic heterocycles. The van der Waals surface area contributed by atoms with Crippen molar-refractivity contribution in [2.45, 2.75) is 13.5 Å². The second-order valence-corrected chi connectivity index (χ2v) is 6.23. The van der Waals surface area contributed by atoms with Gasteiger partial charge in [-0.3, -0.25) is 10.1 Å². The van der Waals surface area contributed by atoms with Crippen molar-refractivity contribution in [2.24, 2.45) is 0 Å². The van der Waals surface area contributed by atoms with Crippen LogP contribution in [0.1, 0.15) is 20.8 Å². The lowest BCUT2D eigenvalue weighted by molar-refractivity contribution is -0.385. The molecule has 0 saturated carbocycles. The van der Waals surface area contributed by atoms with Crippen LogP contribution in [0.2, 0.25) is 0 Å². The molecule has 0 atom stereocenters. The lowest BCUT2D eigenvalue weighted by Gasteiger charge is -2.10. The van der Waals surface area contributed by atoms with Gasteiger partial charge in [-0.2, -0.15) is 0 Å². The Morgan fingerprint density at radius 3 is 2.71 bits per heavy atom. The van der Waals surface area contributed by atoms with Crippen molar-refractivity contribution in [1.29, 1.82) is 0 Å². The number of aromatic carboxylic acids is 1. The van der Waals surface area contributed by atoms with Gasteiger partial charge in [0.15, 0.2) is 0 Å². The van der Waals surface area contributed by atoms with Gasteiger partial charge in [0.25, 0.3) is 5.69 Å². The summed E-state index contributed by atoms with van der Waals surface area (Å²) < 4.78 is 0.964. The molecule has 1 aromatic heterocycles. The smallest absolute Gasteiger partial charge is 0.336 e. The third-order valence-electron chi connectivity index (χ3n) is 2.90. The number of carboxylic acids is 1. The fourth-order valence-corrected chi connectivity index (χ4v) is 3.22. The number of thiophene rings is 1. The Kier molecular flexibility index (Phi) is 4.59. The van der Waals surface area contributed by atoms with Crippen molar-refractivity contribution in [3.8, 4) is 0 Å². The molecule has 2 N–H and O–H groups in total. The number of hydrogen-bond donors (Lipinski definition) is 2. The van der Waals surface area contributed by atoms with Crippen molar-refractivity contribution in [1.82, 2.24) is 0 Å². The third-order valence-corrected chi connectivity index (χ3v) is 4.60. The highest BCUT2D eigenvalue weighted by Gasteiger charge is 2.19. The second-order valence-electron chi connectivity index (χ2n) is 4.31. The number of hydrogen-bond acceptors (Lipinski definition) is 5. The molecular formula is C13H11BrN2O4S. The van der Waals surface area contributed by atoms with E-state index in [9.17, 15) is 14.9 Å². The molecule has 21 heavy (non-hydrogen) atoms. The van der Waals surface area contributed by atoms with Gasteiger partial charge in [0.05, 0.1) is 10.5 Å². The molecular weight excluding hydrogens is 360 g/mol. The van der Waals surface area contributed by atoms with E-state index in [0.29, 0.717) is 17.8 Å². The van der Waals surface area contributed by atoms with Crippen LogP contribution < -0.4 is 5.32 Å². The van der Waals surface area contributed by atoms with Gasteiger partial charge in [0, 0.05) is 38.6 Å². The summed E-state index contributed by atoms with van der Waals surface area (Å²) >= 11 is 4.89. The average Bonchev–Trinajstić information content (AvgIpc) is 2.82. The standard InChI is InChI=1S/C13H11BrN2O4S/c1-7-11(15-5-10-4-9(14)6-21-10)2-8(13(17)18)3-12(7)16(19)20/h2-4,6,15H,5H2,1H3,(H,17,18). The summed E-state index contributed by atoms with van der Waals surface area (Å²) in [6.45, 7) is 2.06. The lowest BCUT2D eigenvalue weighted by Crippen LogP contribution is -2.06. The van der Waals surface area contributed by atoms with E-state index in [1.807, 2.05) is 11.4 Å². The molecule has 0 aliphatic carbocycles. The van der Waals surface area contributed by atoms with E-state index in [2.05, 4.69) is 21.2 Å². The normalized spacial score (nSPS) is 10.4. The van der Waals surface area contributed by atoms with E-state index in [0.717, 1.165) is 15.4 Å². The third kappa shape index (κ3) is 3.59. The van der Waals surface area contributed by atoms with E-state index in [4.69, 9.17) is 5.11 Å². The van der Waals surface area contributed by atoms with Crippen LogP contribution in [-0.4, -0.2) is 16.0 Å².